The number of hydrogen-bond donors (Lipinski definition) is 2. The molecule has 0 bridgehead atoms. The van der Waals surface area contributed by atoms with E-state index in [0.717, 1.165) is 0 Å². The Hall–Kier alpha value is -0.690. The summed E-state index contributed by atoms with van der Waals surface area (Å²) < 4.78 is 13.5. The average Bonchev–Trinajstić information content (AvgIpc) is 2.22. The van der Waals surface area contributed by atoms with Gasteiger partial charge >= 0.3 is 0 Å². The third kappa shape index (κ3) is 4.05. The molecule has 0 fully saturated rings. The highest BCUT2D eigenvalue weighted by Gasteiger charge is 2.09. The van der Waals surface area contributed by atoms with Gasteiger partial charge in [-0.15, -0.1) is 0 Å². The summed E-state index contributed by atoms with van der Waals surface area (Å²) in [6.45, 7) is 2.39. The lowest BCUT2D eigenvalue weighted by molar-refractivity contribution is -0.116. The first-order chi connectivity index (χ1) is 7.52. The lowest BCUT2D eigenvalue weighted by Crippen LogP contribution is -2.20. The predicted molar refractivity (Wildman–Crippen MR) is 70.6 cm³/mol. The van der Waals surface area contributed by atoms with Crippen LogP contribution in [0.3, 0.4) is 0 Å². The Morgan fingerprint density at radius 1 is 1.62 bits per heavy atom. The van der Waals surface area contributed by atoms with Crippen LogP contribution in [0.5, 0.6) is 0 Å². The van der Waals surface area contributed by atoms with Crippen LogP contribution in [0.2, 0.25) is 0 Å². The second kappa shape index (κ2) is 6.15. The molecule has 0 saturated heterocycles. The minimum absolute atomic E-state index is 0.0949. The number of rotatable bonds is 4. The zero-order valence-electron chi connectivity index (χ0n) is 8.97. The molecule has 1 atom stereocenters. The van der Waals surface area contributed by atoms with E-state index >= 15 is 0 Å². The quantitative estimate of drug-likeness (QED) is 0.830. The van der Waals surface area contributed by atoms with E-state index in [2.05, 4.69) is 5.32 Å². The van der Waals surface area contributed by atoms with E-state index in [1.54, 1.807) is 6.07 Å². The number of hydrogen-bond acceptors (Lipinski definition) is 2. The molecule has 0 aliphatic rings. The molecule has 1 unspecified atom stereocenters. The molecule has 0 aliphatic heterocycles. The van der Waals surface area contributed by atoms with Gasteiger partial charge in [0.1, 0.15) is 5.82 Å². The molecule has 3 N–H and O–H groups in total. The predicted octanol–water partition coefficient (Wildman–Crippen LogP) is 2.35. The molecule has 88 valence electrons. The maximum absolute atomic E-state index is 12.8. The summed E-state index contributed by atoms with van der Waals surface area (Å²) in [5.41, 5.74) is 6.07. The molecule has 1 aromatic rings. The Kier molecular flexibility index (Phi) is 5.14. The molecular formula is C11H14FIN2O. The second-order valence-electron chi connectivity index (χ2n) is 3.72. The molecule has 0 saturated carbocycles. The van der Waals surface area contributed by atoms with Crippen LogP contribution in [0.25, 0.3) is 0 Å². The van der Waals surface area contributed by atoms with E-state index in [-0.39, 0.29) is 17.6 Å². The normalized spacial score (nSPS) is 12.2. The first-order valence-electron chi connectivity index (χ1n) is 4.98. The minimum Gasteiger partial charge on any atom is -0.330 e. The zero-order valence-corrected chi connectivity index (χ0v) is 11.1. The Morgan fingerprint density at radius 2 is 2.31 bits per heavy atom. The molecule has 5 heteroatoms. The SMILES string of the molecule is CC(CN)CC(=O)Nc1ccc(F)cc1I. The van der Waals surface area contributed by atoms with Gasteiger partial charge in [-0.2, -0.15) is 0 Å². The first kappa shape index (κ1) is 13.4. The Labute approximate surface area is 108 Å². The standard InChI is InChI=1S/C11H14FIN2O/c1-7(6-14)4-11(16)15-10-3-2-8(12)5-9(10)13/h2-3,5,7H,4,6,14H2,1H3,(H,15,16). The molecule has 1 amide bonds. The van der Waals surface area contributed by atoms with Gasteiger partial charge in [-0.05, 0) is 53.3 Å². The fourth-order valence-corrected chi connectivity index (χ4v) is 1.80. The van der Waals surface area contributed by atoms with E-state index in [4.69, 9.17) is 5.73 Å². The number of benzene rings is 1. The molecule has 0 spiro atoms. The molecule has 1 aromatic carbocycles. The average molecular weight is 336 g/mol. The molecule has 1 rings (SSSR count). The van der Waals surface area contributed by atoms with E-state index in [1.807, 2.05) is 29.5 Å². The third-order valence-electron chi connectivity index (χ3n) is 2.14. The molecule has 16 heavy (non-hydrogen) atoms. The number of carbonyl (C=O) groups is 1. The first-order valence-corrected chi connectivity index (χ1v) is 6.05. The van der Waals surface area contributed by atoms with Gasteiger partial charge in [-0.25, -0.2) is 4.39 Å². The molecule has 3 nitrogen and oxygen atoms in total. The molecular weight excluding hydrogens is 322 g/mol. The summed E-state index contributed by atoms with van der Waals surface area (Å²) in [5.74, 6) is -0.252. The van der Waals surface area contributed by atoms with Crippen molar-refractivity contribution in [3.63, 3.8) is 0 Å². The van der Waals surface area contributed by atoms with Crippen LogP contribution in [0, 0.1) is 15.3 Å². The molecule has 0 aromatic heterocycles. The second-order valence-corrected chi connectivity index (χ2v) is 4.88. The van der Waals surface area contributed by atoms with Crippen LogP contribution in [0.15, 0.2) is 18.2 Å². The highest BCUT2D eigenvalue weighted by molar-refractivity contribution is 14.1. The van der Waals surface area contributed by atoms with Crippen molar-refractivity contribution in [3.8, 4) is 0 Å². The van der Waals surface area contributed by atoms with Crippen LogP contribution in [0.4, 0.5) is 10.1 Å². The van der Waals surface area contributed by atoms with Gasteiger partial charge in [0.25, 0.3) is 0 Å². The summed E-state index contributed by atoms with van der Waals surface area (Å²) in [4.78, 5) is 11.6. The van der Waals surface area contributed by atoms with Gasteiger partial charge in [0, 0.05) is 9.99 Å². The Bertz CT molecular complexity index is 384. The molecule has 0 aliphatic carbocycles. The summed E-state index contributed by atoms with van der Waals surface area (Å²) in [7, 11) is 0. The van der Waals surface area contributed by atoms with E-state index in [9.17, 15) is 9.18 Å². The Balaban J connectivity index is 2.63. The van der Waals surface area contributed by atoms with Crippen molar-refractivity contribution in [1.82, 2.24) is 0 Å². The van der Waals surface area contributed by atoms with Crippen molar-refractivity contribution in [2.45, 2.75) is 13.3 Å². The largest absolute Gasteiger partial charge is 0.330 e. The van der Waals surface area contributed by atoms with Crippen molar-refractivity contribution in [2.24, 2.45) is 11.7 Å². The van der Waals surface area contributed by atoms with Crippen LogP contribution >= 0.6 is 22.6 Å². The number of halogens is 2. The maximum atomic E-state index is 12.8. The van der Waals surface area contributed by atoms with E-state index < -0.39 is 0 Å². The van der Waals surface area contributed by atoms with Gasteiger partial charge in [0.15, 0.2) is 0 Å². The lowest BCUT2D eigenvalue weighted by Gasteiger charge is -2.10. The van der Waals surface area contributed by atoms with Crippen molar-refractivity contribution in [2.75, 3.05) is 11.9 Å². The summed E-state index contributed by atoms with van der Waals surface area (Å²) >= 11 is 1.98. The summed E-state index contributed by atoms with van der Waals surface area (Å²) in [5, 5.41) is 2.73. The van der Waals surface area contributed by atoms with Gasteiger partial charge in [-0.3, -0.25) is 4.79 Å². The van der Waals surface area contributed by atoms with Crippen LogP contribution in [-0.2, 0) is 4.79 Å². The monoisotopic (exact) mass is 336 g/mol. The van der Waals surface area contributed by atoms with Crippen molar-refractivity contribution >= 4 is 34.2 Å². The van der Waals surface area contributed by atoms with Crippen molar-refractivity contribution in [3.05, 3.63) is 27.6 Å². The summed E-state index contributed by atoms with van der Waals surface area (Å²) in [6.07, 6.45) is 0.379. The lowest BCUT2D eigenvalue weighted by atomic mass is 10.1. The fraction of sp³-hybridized carbons (Fsp3) is 0.364. The van der Waals surface area contributed by atoms with Crippen LogP contribution < -0.4 is 11.1 Å². The highest BCUT2D eigenvalue weighted by Crippen LogP contribution is 2.19. The highest BCUT2D eigenvalue weighted by atomic mass is 127. The third-order valence-corrected chi connectivity index (χ3v) is 3.03. The Morgan fingerprint density at radius 3 is 2.88 bits per heavy atom. The van der Waals surface area contributed by atoms with Crippen LogP contribution in [0.1, 0.15) is 13.3 Å². The number of anilines is 1. The van der Waals surface area contributed by atoms with Gasteiger partial charge in [0.05, 0.1) is 5.69 Å². The summed E-state index contributed by atoms with van der Waals surface area (Å²) in [6, 6.07) is 4.26. The minimum atomic E-state index is -0.308. The van der Waals surface area contributed by atoms with E-state index in [1.165, 1.54) is 12.1 Å². The van der Waals surface area contributed by atoms with Gasteiger partial charge in [-0.1, -0.05) is 6.92 Å². The number of amides is 1. The van der Waals surface area contributed by atoms with Crippen molar-refractivity contribution in [1.29, 1.82) is 0 Å². The van der Waals surface area contributed by atoms with Crippen LogP contribution in [-0.4, -0.2) is 12.5 Å². The number of nitrogens with one attached hydrogen (secondary N) is 1. The smallest absolute Gasteiger partial charge is 0.224 e. The van der Waals surface area contributed by atoms with E-state index in [0.29, 0.717) is 22.2 Å². The van der Waals surface area contributed by atoms with Gasteiger partial charge in [0.2, 0.25) is 5.91 Å². The molecule has 0 radical (unpaired) electrons. The number of nitrogens with two attached hydrogens (primary N) is 1. The maximum Gasteiger partial charge on any atom is 0.224 e. The fourth-order valence-electron chi connectivity index (χ4n) is 1.19. The molecule has 0 heterocycles. The van der Waals surface area contributed by atoms with Crippen molar-refractivity contribution < 1.29 is 9.18 Å². The number of carbonyl (C=O) groups excluding carboxylic acids is 1. The zero-order chi connectivity index (χ0) is 12.1. The topological polar surface area (TPSA) is 55.1 Å². The van der Waals surface area contributed by atoms with Gasteiger partial charge < -0.3 is 11.1 Å².